The quantitative estimate of drug-likeness (QED) is 0.699. The van der Waals surface area contributed by atoms with Gasteiger partial charge in [0.15, 0.2) is 6.29 Å². The Kier molecular flexibility index (Phi) is 3.03. The number of ether oxygens (including phenoxy) is 1. The van der Waals surface area contributed by atoms with Crippen molar-refractivity contribution in [3.8, 4) is 22.8 Å². The van der Waals surface area contributed by atoms with Crippen molar-refractivity contribution in [2.75, 3.05) is 0 Å². The van der Waals surface area contributed by atoms with Crippen LogP contribution in [0.2, 0.25) is 0 Å². The normalized spacial score (nSPS) is 30.6. The van der Waals surface area contributed by atoms with E-state index in [1.807, 2.05) is 6.26 Å². The van der Waals surface area contributed by atoms with Gasteiger partial charge in [-0.05, 0) is 48.1 Å². The van der Waals surface area contributed by atoms with Crippen molar-refractivity contribution >= 4 is 6.29 Å². The number of aromatic hydroxyl groups is 1. The lowest BCUT2D eigenvalue weighted by Gasteiger charge is -2.55. The van der Waals surface area contributed by atoms with E-state index in [1.54, 1.807) is 6.07 Å². The molecule has 0 spiro atoms. The summed E-state index contributed by atoms with van der Waals surface area (Å²) in [6.07, 6.45) is 7.06. The fraction of sp³-hybridized carbons (Fsp3) is 0.500. The maximum Gasteiger partial charge on any atom is 0.154 e. The minimum atomic E-state index is -0.0502. The molecule has 1 saturated carbocycles. The Hall–Kier alpha value is -2.23. The molecule has 2 heterocycles. The minimum Gasteiger partial charge on any atom is -0.507 e. The van der Waals surface area contributed by atoms with Gasteiger partial charge >= 0.3 is 0 Å². The number of furan rings is 1. The van der Waals surface area contributed by atoms with Crippen LogP contribution in [-0.4, -0.2) is 11.4 Å². The molecule has 1 aromatic heterocycles. The van der Waals surface area contributed by atoms with Crippen LogP contribution in [0.5, 0.6) is 11.5 Å². The molecule has 136 valence electrons. The molecule has 1 N–H and O–H groups in total. The van der Waals surface area contributed by atoms with Crippen LogP contribution >= 0.6 is 0 Å². The van der Waals surface area contributed by atoms with Crippen molar-refractivity contribution in [3.63, 3.8) is 0 Å². The summed E-state index contributed by atoms with van der Waals surface area (Å²) in [6.45, 7) is 7.11. The van der Waals surface area contributed by atoms with E-state index in [9.17, 15) is 9.90 Å². The van der Waals surface area contributed by atoms with E-state index in [-0.39, 0.29) is 28.2 Å². The predicted molar refractivity (Wildman–Crippen MR) is 97.7 cm³/mol. The highest BCUT2D eigenvalue weighted by molar-refractivity contribution is 5.94. The Morgan fingerprint density at radius 1 is 1.23 bits per heavy atom. The Bertz CT molecular complexity index is 922. The standard InChI is InChI=1S/C22H24O4/c1-21(2)7-4-8-22(3)13-11-25-20-18-12(10-23)14(24)5-6-15(18)26-16(19(13)20)9-17(21)22/h5-6,10-11,16-17,24H,4,7-9H2,1-3H3/t16-,17-,22+/m0/s1. The summed E-state index contributed by atoms with van der Waals surface area (Å²) in [6, 6.07) is 3.26. The Morgan fingerprint density at radius 2 is 2.04 bits per heavy atom. The number of fused-ring (bicyclic) bond motifs is 4. The van der Waals surface area contributed by atoms with Crippen molar-refractivity contribution in [1.29, 1.82) is 0 Å². The Morgan fingerprint density at radius 3 is 2.81 bits per heavy atom. The largest absolute Gasteiger partial charge is 0.507 e. The summed E-state index contributed by atoms with van der Waals surface area (Å²) in [5.74, 6) is 1.81. The zero-order chi connectivity index (χ0) is 18.3. The molecule has 0 amide bonds. The van der Waals surface area contributed by atoms with Crippen LogP contribution in [0.4, 0.5) is 0 Å². The van der Waals surface area contributed by atoms with Crippen LogP contribution < -0.4 is 4.74 Å². The fourth-order valence-electron chi connectivity index (χ4n) is 5.98. The first kappa shape index (κ1) is 16.0. The van der Waals surface area contributed by atoms with E-state index in [4.69, 9.17) is 9.15 Å². The molecule has 1 fully saturated rings. The van der Waals surface area contributed by atoms with Gasteiger partial charge in [0.25, 0.3) is 0 Å². The molecule has 3 atom stereocenters. The highest BCUT2D eigenvalue weighted by atomic mass is 16.5. The van der Waals surface area contributed by atoms with Crippen molar-refractivity contribution in [2.24, 2.45) is 11.3 Å². The summed E-state index contributed by atoms with van der Waals surface area (Å²) in [4.78, 5) is 11.6. The van der Waals surface area contributed by atoms with Gasteiger partial charge in [-0.3, -0.25) is 4.79 Å². The van der Waals surface area contributed by atoms with Crippen LogP contribution in [0.25, 0.3) is 11.3 Å². The molecule has 1 aliphatic heterocycles. The SMILES string of the molecule is CC1(C)CCC[C@]2(C)c3coc4c3[C@H](C[C@@H]12)Oc1ccc(O)c(C=O)c1-4. The van der Waals surface area contributed by atoms with E-state index in [0.29, 0.717) is 29.3 Å². The first-order valence-electron chi connectivity index (χ1n) is 9.47. The third kappa shape index (κ3) is 1.82. The smallest absolute Gasteiger partial charge is 0.154 e. The topological polar surface area (TPSA) is 59.7 Å². The second-order valence-electron chi connectivity index (χ2n) is 9.04. The van der Waals surface area contributed by atoms with Gasteiger partial charge in [0.1, 0.15) is 23.4 Å². The van der Waals surface area contributed by atoms with Gasteiger partial charge in [0, 0.05) is 11.1 Å². The summed E-state index contributed by atoms with van der Waals surface area (Å²) in [5, 5.41) is 10.1. The van der Waals surface area contributed by atoms with Crippen molar-refractivity contribution in [2.45, 2.75) is 58.0 Å². The predicted octanol–water partition coefficient (Wildman–Crippen LogP) is 5.39. The zero-order valence-electron chi connectivity index (χ0n) is 15.5. The lowest BCUT2D eigenvalue weighted by atomic mass is 9.50. The maximum atomic E-state index is 11.6. The second-order valence-corrected chi connectivity index (χ2v) is 9.04. The molecule has 3 aliphatic rings. The number of aldehydes is 1. The molecular weight excluding hydrogens is 328 g/mol. The van der Waals surface area contributed by atoms with Gasteiger partial charge in [0.05, 0.1) is 17.4 Å². The van der Waals surface area contributed by atoms with Crippen LogP contribution in [0.1, 0.15) is 74.0 Å². The number of benzene rings is 1. The Balaban J connectivity index is 1.76. The molecule has 5 rings (SSSR count). The van der Waals surface area contributed by atoms with Gasteiger partial charge in [-0.25, -0.2) is 0 Å². The Labute approximate surface area is 153 Å². The first-order chi connectivity index (χ1) is 12.4. The van der Waals surface area contributed by atoms with Gasteiger partial charge in [-0.15, -0.1) is 0 Å². The molecule has 1 aromatic carbocycles. The lowest BCUT2D eigenvalue weighted by Crippen LogP contribution is -2.49. The number of hydrogen-bond acceptors (Lipinski definition) is 4. The average molecular weight is 352 g/mol. The minimum absolute atomic E-state index is 0.0374. The van der Waals surface area contributed by atoms with Crippen molar-refractivity contribution < 1.29 is 19.1 Å². The molecule has 4 heteroatoms. The maximum absolute atomic E-state index is 11.6. The monoisotopic (exact) mass is 352 g/mol. The van der Waals surface area contributed by atoms with Crippen LogP contribution in [0.3, 0.4) is 0 Å². The molecule has 26 heavy (non-hydrogen) atoms. The summed E-state index contributed by atoms with van der Waals surface area (Å²) in [5.41, 5.74) is 3.47. The first-order valence-corrected chi connectivity index (χ1v) is 9.47. The molecule has 0 bridgehead atoms. The fourth-order valence-corrected chi connectivity index (χ4v) is 5.98. The van der Waals surface area contributed by atoms with Gasteiger partial charge in [-0.1, -0.05) is 27.2 Å². The highest BCUT2D eigenvalue weighted by Gasteiger charge is 2.55. The van der Waals surface area contributed by atoms with E-state index in [2.05, 4.69) is 20.8 Å². The third-order valence-corrected chi connectivity index (χ3v) is 7.24. The molecule has 4 nitrogen and oxygen atoms in total. The number of phenols is 1. The lowest BCUT2D eigenvalue weighted by molar-refractivity contribution is 0.000624. The molecular formula is C22H24O4. The average Bonchev–Trinajstić information content (AvgIpc) is 3.04. The van der Waals surface area contributed by atoms with Gasteiger partial charge in [0.2, 0.25) is 0 Å². The number of carbonyl (C=O) groups is 1. The van der Waals surface area contributed by atoms with Gasteiger partial charge in [-0.2, -0.15) is 0 Å². The van der Waals surface area contributed by atoms with E-state index in [1.165, 1.54) is 24.5 Å². The van der Waals surface area contributed by atoms with Crippen molar-refractivity contribution in [1.82, 2.24) is 0 Å². The number of phenolic OH excluding ortho intramolecular Hbond substituents is 1. The van der Waals surface area contributed by atoms with E-state index < -0.39 is 0 Å². The molecule has 0 saturated heterocycles. The summed E-state index contributed by atoms with van der Waals surface area (Å²) >= 11 is 0. The molecule has 2 aliphatic carbocycles. The van der Waals surface area contributed by atoms with Crippen LogP contribution in [0, 0.1) is 11.3 Å². The van der Waals surface area contributed by atoms with Crippen LogP contribution in [0.15, 0.2) is 22.8 Å². The number of rotatable bonds is 1. The van der Waals surface area contributed by atoms with Crippen molar-refractivity contribution in [3.05, 3.63) is 35.1 Å². The summed E-state index contributed by atoms with van der Waals surface area (Å²) < 4.78 is 12.4. The molecule has 2 aromatic rings. The third-order valence-electron chi connectivity index (χ3n) is 7.24. The molecule has 0 unspecified atom stereocenters. The van der Waals surface area contributed by atoms with Crippen LogP contribution in [-0.2, 0) is 5.41 Å². The van der Waals surface area contributed by atoms with Gasteiger partial charge < -0.3 is 14.3 Å². The van der Waals surface area contributed by atoms with E-state index >= 15 is 0 Å². The zero-order valence-corrected chi connectivity index (χ0v) is 15.5. The highest BCUT2D eigenvalue weighted by Crippen LogP contribution is 2.63. The second kappa shape index (κ2) is 4.93. The molecule has 0 radical (unpaired) electrons. The van der Waals surface area contributed by atoms with E-state index in [0.717, 1.165) is 18.4 Å². The number of carbonyl (C=O) groups excluding carboxylic acids is 1. The summed E-state index contributed by atoms with van der Waals surface area (Å²) in [7, 11) is 0. The number of hydrogen-bond donors (Lipinski definition) is 1.